The summed E-state index contributed by atoms with van der Waals surface area (Å²) < 4.78 is 8.03. The molecular weight excluding hydrogens is 512 g/mol. The Morgan fingerprint density at radius 3 is 2.11 bits per heavy atom. The third-order valence-corrected chi connectivity index (χ3v) is 7.71. The zero-order valence-electron chi connectivity index (χ0n) is 22.9. The fraction of sp³-hybridized carbons (Fsp3) is 0.500. The zero-order chi connectivity index (χ0) is 26.8. The summed E-state index contributed by atoms with van der Waals surface area (Å²) >= 11 is 8.11. The van der Waals surface area contributed by atoms with E-state index in [1.165, 1.54) is 76.2 Å². The predicted octanol–water partition coefficient (Wildman–Crippen LogP) is 9.00. The molecule has 0 aliphatic rings. The van der Waals surface area contributed by atoms with Gasteiger partial charge in [-0.05, 0) is 36.2 Å². The molecule has 0 unspecified atom stereocenters. The standard InChI is InChI=1S/C32H43ClN2O2S/c1-2-3-4-5-6-7-8-9-10-11-12-13-21-37-31-19-16-28(23-30(31)33)24-32(36)34-29-17-14-27(15-18-29)25-35-20-22-38-26-35/h14-20,22-23,26H,2-13,21,24-25H2,1H3/p+1. The van der Waals surface area contributed by atoms with Gasteiger partial charge in [-0.15, -0.1) is 0 Å². The van der Waals surface area contributed by atoms with Gasteiger partial charge in [-0.1, -0.05) is 119 Å². The third kappa shape index (κ3) is 12.0. The highest BCUT2D eigenvalue weighted by Gasteiger charge is 2.09. The molecule has 1 heterocycles. The number of ether oxygens (including phenoxy) is 1. The molecule has 0 bridgehead atoms. The molecule has 0 aliphatic heterocycles. The smallest absolute Gasteiger partial charge is 0.228 e. The lowest BCUT2D eigenvalue weighted by molar-refractivity contribution is -0.683. The van der Waals surface area contributed by atoms with E-state index in [4.69, 9.17) is 16.3 Å². The van der Waals surface area contributed by atoms with Gasteiger partial charge in [0, 0.05) is 11.3 Å². The van der Waals surface area contributed by atoms with Gasteiger partial charge in [0.25, 0.3) is 0 Å². The van der Waals surface area contributed by atoms with Crippen LogP contribution >= 0.6 is 22.9 Å². The number of aromatic nitrogens is 1. The monoisotopic (exact) mass is 555 g/mol. The third-order valence-electron chi connectivity index (χ3n) is 6.75. The maximum Gasteiger partial charge on any atom is 0.228 e. The second-order valence-corrected chi connectivity index (χ2v) is 11.3. The quantitative estimate of drug-likeness (QED) is 0.118. The number of nitrogens with one attached hydrogen (secondary N) is 1. The van der Waals surface area contributed by atoms with Crippen molar-refractivity contribution in [1.29, 1.82) is 0 Å². The lowest BCUT2D eigenvalue weighted by Crippen LogP contribution is -2.30. The van der Waals surface area contributed by atoms with Crippen molar-refractivity contribution >= 4 is 34.5 Å². The lowest BCUT2D eigenvalue weighted by Gasteiger charge is -2.10. The van der Waals surface area contributed by atoms with Crippen molar-refractivity contribution in [3.63, 3.8) is 0 Å². The first kappa shape index (κ1) is 30.2. The highest BCUT2D eigenvalue weighted by molar-refractivity contribution is 7.07. The van der Waals surface area contributed by atoms with Crippen molar-refractivity contribution in [3.05, 3.63) is 75.7 Å². The Hall–Kier alpha value is -2.37. The van der Waals surface area contributed by atoms with Gasteiger partial charge in [-0.25, -0.2) is 0 Å². The highest BCUT2D eigenvalue weighted by atomic mass is 35.5. The molecule has 3 aromatic rings. The summed E-state index contributed by atoms with van der Waals surface area (Å²) in [7, 11) is 0. The Bertz CT molecular complexity index is 1050. The van der Waals surface area contributed by atoms with Gasteiger partial charge < -0.3 is 10.1 Å². The van der Waals surface area contributed by atoms with Crippen LogP contribution in [0.3, 0.4) is 0 Å². The molecule has 0 saturated carbocycles. The topological polar surface area (TPSA) is 42.2 Å². The fourth-order valence-corrected chi connectivity index (χ4v) is 5.40. The maximum atomic E-state index is 12.5. The minimum Gasteiger partial charge on any atom is -0.492 e. The largest absolute Gasteiger partial charge is 0.492 e. The van der Waals surface area contributed by atoms with E-state index in [1.54, 1.807) is 11.3 Å². The Kier molecular flexibility index (Phi) is 14.3. The summed E-state index contributed by atoms with van der Waals surface area (Å²) in [4.78, 5) is 12.5. The van der Waals surface area contributed by atoms with Crippen LogP contribution in [0.1, 0.15) is 95.1 Å². The molecule has 206 valence electrons. The number of benzene rings is 2. The van der Waals surface area contributed by atoms with E-state index in [9.17, 15) is 4.79 Å². The summed E-state index contributed by atoms with van der Waals surface area (Å²) in [5.74, 6) is 0.629. The van der Waals surface area contributed by atoms with Crippen LogP contribution in [-0.4, -0.2) is 12.5 Å². The molecule has 3 rings (SSSR count). The first-order valence-electron chi connectivity index (χ1n) is 14.4. The van der Waals surface area contributed by atoms with E-state index in [2.05, 4.69) is 33.9 Å². The molecular formula is C32H44ClN2O2S+. The summed E-state index contributed by atoms with van der Waals surface area (Å²) in [6, 6.07) is 13.6. The molecule has 0 atom stereocenters. The molecule has 0 fully saturated rings. The molecule has 38 heavy (non-hydrogen) atoms. The molecule has 4 nitrogen and oxygen atoms in total. The van der Waals surface area contributed by atoms with Crippen molar-refractivity contribution in [3.8, 4) is 5.75 Å². The number of carbonyl (C=O) groups excluding carboxylic acids is 1. The molecule has 2 aromatic carbocycles. The first-order chi connectivity index (χ1) is 18.6. The maximum absolute atomic E-state index is 12.5. The minimum atomic E-state index is -0.0637. The zero-order valence-corrected chi connectivity index (χ0v) is 24.5. The minimum absolute atomic E-state index is 0.0637. The average molecular weight is 556 g/mol. The van der Waals surface area contributed by atoms with Crippen LogP contribution in [0.4, 0.5) is 5.69 Å². The van der Waals surface area contributed by atoms with E-state index in [1.807, 2.05) is 42.5 Å². The van der Waals surface area contributed by atoms with Crippen molar-refractivity contribution in [1.82, 2.24) is 0 Å². The number of nitrogens with zero attached hydrogens (tertiary/aromatic N) is 1. The number of anilines is 1. The van der Waals surface area contributed by atoms with Gasteiger partial charge in [-0.2, -0.15) is 4.57 Å². The number of amides is 1. The van der Waals surface area contributed by atoms with E-state index >= 15 is 0 Å². The van der Waals surface area contributed by atoms with Crippen molar-refractivity contribution in [2.75, 3.05) is 11.9 Å². The lowest BCUT2D eigenvalue weighted by atomic mass is 10.1. The second kappa shape index (κ2) is 18.0. The number of thiazole rings is 1. The Morgan fingerprint density at radius 1 is 0.868 bits per heavy atom. The van der Waals surface area contributed by atoms with Crippen LogP contribution in [0.15, 0.2) is 59.6 Å². The van der Waals surface area contributed by atoms with Crippen LogP contribution < -0.4 is 14.6 Å². The molecule has 0 spiro atoms. The van der Waals surface area contributed by atoms with Gasteiger partial charge in [-0.3, -0.25) is 4.79 Å². The Labute approximate surface area is 238 Å². The molecule has 1 amide bonds. The van der Waals surface area contributed by atoms with Crippen molar-refractivity contribution in [2.45, 2.75) is 96.9 Å². The number of carbonyl (C=O) groups is 1. The summed E-state index contributed by atoms with van der Waals surface area (Å²) in [6.45, 7) is 3.77. The summed E-state index contributed by atoms with van der Waals surface area (Å²) in [5, 5.41) is 5.59. The SMILES string of the molecule is CCCCCCCCCCCCCCOc1ccc(CC(=O)Nc2ccc(C[n+]3ccsc3)cc2)cc1Cl. The second-order valence-electron chi connectivity index (χ2n) is 10.1. The normalized spacial score (nSPS) is 11.0. The van der Waals surface area contributed by atoms with Crippen LogP contribution in [0.5, 0.6) is 5.75 Å². The van der Waals surface area contributed by atoms with E-state index in [0.717, 1.165) is 24.2 Å². The van der Waals surface area contributed by atoms with Crippen LogP contribution in [0.25, 0.3) is 0 Å². The number of rotatable bonds is 19. The van der Waals surface area contributed by atoms with Gasteiger partial charge in [0.15, 0.2) is 12.7 Å². The van der Waals surface area contributed by atoms with Gasteiger partial charge >= 0.3 is 0 Å². The van der Waals surface area contributed by atoms with Gasteiger partial charge in [0.2, 0.25) is 11.4 Å². The number of hydrogen-bond acceptors (Lipinski definition) is 3. The first-order valence-corrected chi connectivity index (χ1v) is 15.7. The molecule has 1 aromatic heterocycles. The van der Waals surface area contributed by atoms with Crippen LogP contribution in [-0.2, 0) is 17.8 Å². The fourth-order valence-electron chi connectivity index (χ4n) is 4.54. The molecule has 1 N–H and O–H groups in total. The van der Waals surface area contributed by atoms with Crippen molar-refractivity contribution in [2.24, 2.45) is 0 Å². The highest BCUT2D eigenvalue weighted by Crippen LogP contribution is 2.26. The molecule has 6 heteroatoms. The van der Waals surface area contributed by atoms with Gasteiger partial charge in [0.1, 0.15) is 5.75 Å². The average Bonchev–Trinajstić information content (AvgIpc) is 3.42. The van der Waals surface area contributed by atoms with Gasteiger partial charge in [0.05, 0.1) is 23.4 Å². The Balaban J connectivity index is 1.27. The number of unbranched alkanes of at least 4 members (excludes halogenated alkanes) is 11. The number of halogens is 1. The van der Waals surface area contributed by atoms with E-state index in [-0.39, 0.29) is 12.3 Å². The summed E-state index contributed by atoms with van der Waals surface area (Å²) in [5.41, 5.74) is 4.94. The van der Waals surface area contributed by atoms with E-state index < -0.39 is 0 Å². The molecule has 0 aliphatic carbocycles. The Morgan fingerprint density at radius 2 is 1.50 bits per heavy atom. The van der Waals surface area contributed by atoms with Crippen LogP contribution in [0.2, 0.25) is 5.02 Å². The van der Waals surface area contributed by atoms with E-state index in [0.29, 0.717) is 17.4 Å². The predicted molar refractivity (Wildman–Crippen MR) is 160 cm³/mol. The van der Waals surface area contributed by atoms with Crippen molar-refractivity contribution < 1.29 is 14.1 Å². The molecule has 0 saturated heterocycles. The summed E-state index contributed by atoms with van der Waals surface area (Å²) in [6.07, 6.45) is 18.2. The van der Waals surface area contributed by atoms with Crippen LogP contribution in [0, 0.1) is 0 Å². The molecule has 0 radical (unpaired) electrons. The number of hydrogen-bond donors (Lipinski definition) is 1.